The van der Waals surface area contributed by atoms with E-state index in [2.05, 4.69) is 17.6 Å². The van der Waals surface area contributed by atoms with Crippen molar-refractivity contribution in [1.82, 2.24) is 0 Å². The molecule has 3 aromatic carbocycles. The lowest BCUT2D eigenvalue weighted by atomic mass is 10.1. The number of nitrogens with zero attached hydrogens (tertiary/aromatic N) is 1. The van der Waals surface area contributed by atoms with Gasteiger partial charge in [0.25, 0.3) is 17.7 Å². The van der Waals surface area contributed by atoms with Gasteiger partial charge in [-0.15, -0.1) is 0 Å². The molecule has 3 aromatic rings. The number of rotatable bonds is 8. The Morgan fingerprint density at radius 3 is 2.34 bits per heavy atom. The third kappa shape index (κ3) is 5.73. The molecule has 0 unspecified atom stereocenters. The van der Waals surface area contributed by atoms with Crippen LogP contribution in [0, 0.1) is 0 Å². The number of carbonyl (C=O) groups excluding carboxylic acids is 3. The van der Waals surface area contributed by atoms with Crippen molar-refractivity contribution in [2.24, 2.45) is 0 Å². The molecule has 0 saturated carbocycles. The van der Waals surface area contributed by atoms with E-state index in [9.17, 15) is 27.6 Å². The van der Waals surface area contributed by atoms with Crippen LogP contribution < -0.4 is 15.5 Å². The SMILES string of the molecule is CCCCc1ccc(N2C(=O)C(Cl)=C(Nc3cccc(C(=O)Nc4ccccc4C(F)(F)F)c3)C2=O)cc1. The van der Waals surface area contributed by atoms with Crippen molar-refractivity contribution in [3.05, 3.63) is 100 Å². The molecule has 6 nitrogen and oxygen atoms in total. The van der Waals surface area contributed by atoms with Gasteiger partial charge in [-0.2, -0.15) is 13.2 Å². The van der Waals surface area contributed by atoms with E-state index < -0.39 is 29.5 Å². The number of carbonyl (C=O) groups is 3. The number of nitrogens with one attached hydrogen (secondary N) is 2. The Balaban J connectivity index is 1.51. The third-order valence-electron chi connectivity index (χ3n) is 5.92. The van der Waals surface area contributed by atoms with Crippen molar-refractivity contribution in [2.45, 2.75) is 32.4 Å². The number of unbranched alkanes of at least 4 members (excludes halogenated alkanes) is 1. The molecule has 0 aliphatic carbocycles. The van der Waals surface area contributed by atoms with Gasteiger partial charge in [-0.05, 0) is 60.9 Å². The smallest absolute Gasteiger partial charge is 0.350 e. The highest BCUT2D eigenvalue weighted by molar-refractivity contribution is 6.53. The molecule has 0 fully saturated rings. The Hall–Kier alpha value is -4.11. The lowest BCUT2D eigenvalue weighted by Gasteiger charge is -2.16. The summed E-state index contributed by atoms with van der Waals surface area (Å²) in [5.41, 5.74) is 0.182. The first kappa shape index (κ1) is 26.9. The number of para-hydroxylation sites is 1. The Labute approximate surface area is 222 Å². The van der Waals surface area contributed by atoms with Crippen LogP contribution in [0.3, 0.4) is 0 Å². The quantitative estimate of drug-likeness (QED) is 0.310. The fourth-order valence-electron chi connectivity index (χ4n) is 3.95. The van der Waals surface area contributed by atoms with Gasteiger partial charge in [0.05, 0.1) is 16.9 Å². The van der Waals surface area contributed by atoms with Gasteiger partial charge in [-0.1, -0.05) is 55.3 Å². The molecule has 2 N–H and O–H groups in total. The van der Waals surface area contributed by atoms with Gasteiger partial charge in [0.2, 0.25) is 0 Å². The molecule has 1 aliphatic heterocycles. The maximum absolute atomic E-state index is 13.3. The highest BCUT2D eigenvalue weighted by atomic mass is 35.5. The van der Waals surface area contributed by atoms with E-state index >= 15 is 0 Å². The molecule has 196 valence electrons. The van der Waals surface area contributed by atoms with Crippen molar-refractivity contribution in [1.29, 1.82) is 0 Å². The van der Waals surface area contributed by atoms with E-state index in [1.807, 2.05) is 12.1 Å². The fraction of sp³-hybridized carbons (Fsp3) is 0.179. The predicted octanol–water partition coefficient (Wildman–Crippen LogP) is 6.74. The Kier molecular flexibility index (Phi) is 7.87. The summed E-state index contributed by atoms with van der Waals surface area (Å²) in [6, 6.07) is 17.4. The van der Waals surface area contributed by atoms with Gasteiger partial charge in [-0.25, -0.2) is 4.90 Å². The van der Waals surface area contributed by atoms with Crippen molar-refractivity contribution in [2.75, 3.05) is 15.5 Å². The van der Waals surface area contributed by atoms with Gasteiger partial charge in [0.1, 0.15) is 10.7 Å². The van der Waals surface area contributed by atoms with Crippen LogP contribution in [0.5, 0.6) is 0 Å². The molecule has 0 atom stereocenters. The molecular formula is C28H23ClF3N3O3. The van der Waals surface area contributed by atoms with Gasteiger partial charge in [0, 0.05) is 11.3 Å². The summed E-state index contributed by atoms with van der Waals surface area (Å²) in [5.74, 6) is -2.16. The van der Waals surface area contributed by atoms with E-state index in [-0.39, 0.29) is 27.7 Å². The first-order valence-corrected chi connectivity index (χ1v) is 12.2. The zero-order valence-corrected chi connectivity index (χ0v) is 21.0. The lowest BCUT2D eigenvalue weighted by Crippen LogP contribution is -2.32. The molecule has 3 amide bonds. The minimum atomic E-state index is -4.65. The number of anilines is 3. The first-order valence-electron chi connectivity index (χ1n) is 11.8. The molecule has 0 spiro atoms. The molecule has 4 rings (SSSR count). The number of hydrogen-bond acceptors (Lipinski definition) is 4. The highest BCUT2D eigenvalue weighted by Gasteiger charge is 2.39. The lowest BCUT2D eigenvalue weighted by molar-refractivity contribution is -0.137. The minimum absolute atomic E-state index is 0.0278. The monoisotopic (exact) mass is 541 g/mol. The second-order valence-electron chi connectivity index (χ2n) is 8.61. The molecular weight excluding hydrogens is 519 g/mol. The van der Waals surface area contributed by atoms with Crippen molar-refractivity contribution in [3.63, 3.8) is 0 Å². The zero-order valence-electron chi connectivity index (χ0n) is 20.2. The molecule has 38 heavy (non-hydrogen) atoms. The summed E-state index contributed by atoms with van der Waals surface area (Å²) < 4.78 is 39.8. The summed E-state index contributed by atoms with van der Waals surface area (Å²) in [5, 5.41) is 4.73. The average molecular weight is 542 g/mol. The van der Waals surface area contributed by atoms with Gasteiger partial charge < -0.3 is 10.6 Å². The number of aryl methyl sites for hydroxylation is 1. The first-order chi connectivity index (χ1) is 18.1. The second-order valence-corrected chi connectivity index (χ2v) is 8.99. The van der Waals surface area contributed by atoms with Gasteiger partial charge in [0.15, 0.2) is 0 Å². The number of halogens is 4. The Bertz CT molecular complexity index is 1420. The molecule has 1 aliphatic rings. The van der Waals surface area contributed by atoms with Crippen molar-refractivity contribution >= 4 is 46.4 Å². The molecule has 0 saturated heterocycles. The molecule has 0 radical (unpaired) electrons. The average Bonchev–Trinajstić information content (AvgIpc) is 3.10. The molecule has 0 bridgehead atoms. The minimum Gasteiger partial charge on any atom is -0.350 e. The largest absolute Gasteiger partial charge is 0.418 e. The van der Waals surface area contributed by atoms with Crippen molar-refractivity contribution in [3.8, 4) is 0 Å². The number of imide groups is 1. The summed E-state index contributed by atoms with van der Waals surface area (Å²) in [6.07, 6.45) is -1.69. The third-order valence-corrected chi connectivity index (χ3v) is 6.27. The standard InChI is InChI=1S/C28H23ClF3N3O3/c1-2-3-7-17-12-14-20(15-13-17)35-26(37)23(29)24(27(35)38)33-19-9-6-8-18(16-19)25(36)34-22-11-5-4-10-21(22)28(30,31)32/h4-6,8-16,33H,2-3,7H2,1H3,(H,34,36). The van der Waals surface area contributed by atoms with Crippen LogP contribution in [0.25, 0.3) is 0 Å². The summed E-state index contributed by atoms with van der Waals surface area (Å²) in [6.45, 7) is 2.09. The number of alkyl halides is 3. The zero-order chi connectivity index (χ0) is 27.4. The molecule has 10 heteroatoms. The van der Waals surface area contributed by atoms with Gasteiger partial charge >= 0.3 is 6.18 Å². The van der Waals surface area contributed by atoms with E-state index in [1.165, 1.54) is 36.4 Å². The normalized spacial score (nSPS) is 13.8. The fourth-order valence-corrected chi connectivity index (χ4v) is 4.17. The van der Waals surface area contributed by atoms with Crippen LogP contribution in [0.15, 0.2) is 83.5 Å². The van der Waals surface area contributed by atoms with E-state index in [0.29, 0.717) is 5.69 Å². The summed E-state index contributed by atoms with van der Waals surface area (Å²) in [4.78, 5) is 39.6. The maximum atomic E-state index is 13.3. The van der Waals surface area contributed by atoms with E-state index in [0.717, 1.165) is 41.9 Å². The second kappa shape index (κ2) is 11.1. The van der Waals surface area contributed by atoms with Crippen molar-refractivity contribution < 1.29 is 27.6 Å². The number of hydrogen-bond donors (Lipinski definition) is 2. The Morgan fingerprint density at radius 1 is 0.947 bits per heavy atom. The van der Waals surface area contributed by atoms with Crippen LogP contribution >= 0.6 is 11.6 Å². The predicted molar refractivity (Wildman–Crippen MR) is 140 cm³/mol. The number of benzene rings is 3. The van der Waals surface area contributed by atoms with E-state index in [1.54, 1.807) is 12.1 Å². The van der Waals surface area contributed by atoms with Crippen LogP contribution in [0.4, 0.5) is 30.2 Å². The van der Waals surface area contributed by atoms with E-state index in [4.69, 9.17) is 11.6 Å². The molecule has 0 aromatic heterocycles. The summed E-state index contributed by atoms with van der Waals surface area (Å²) in [7, 11) is 0. The van der Waals surface area contributed by atoms with Crippen LogP contribution in [-0.4, -0.2) is 17.7 Å². The van der Waals surface area contributed by atoms with Gasteiger partial charge in [-0.3, -0.25) is 14.4 Å². The highest BCUT2D eigenvalue weighted by Crippen LogP contribution is 2.35. The maximum Gasteiger partial charge on any atom is 0.418 e. The van der Waals surface area contributed by atoms with Crippen LogP contribution in [0.1, 0.15) is 41.3 Å². The topological polar surface area (TPSA) is 78.5 Å². The molecule has 1 heterocycles. The van der Waals surface area contributed by atoms with Crippen LogP contribution in [-0.2, 0) is 22.2 Å². The van der Waals surface area contributed by atoms with Crippen LogP contribution in [0.2, 0.25) is 0 Å². The summed E-state index contributed by atoms with van der Waals surface area (Å²) >= 11 is 6.21. The Morgan fingerprint density at radius 2 is 1.66 bits per heavy atom. The number of amides is 3.